The number of rotatable bonds is 1. The summed E-state index contributed by atoms with van der Waals surface area (Å²) in [7, 11) is 0. The van der Waals surface area contributed by atoms with E-state index in [-0.39, 0.29) is 0 Å². The predicted octanol–water partition coefficient (Wildman–Crippen LogP) is 2.45. The van der Waals surface area contributed by atoms with Gasteiger partial charge in [-0.1, -0.05) is 43.7 Å². The lowest BCUT2D eigenvalue weighted by atomic mass is 10.0. The highest BCUT2D eigenvalue weighted by Crippen LogP contribution is 2.57. The highest BCUT2D eigenvalue weighted by molar-refractivity contribution is 5.35. The number of aryl methyl sites for hydroxylation is 1. The first-order chi connectivity index (χ1) is 6.03. The van der Waals surface area contributed by atoms with Crippen molar-refractivity contribution in [3.63, 3.8) is 0 Å². The summed E-state index contributed by atoms with van der Waals surface area (Å²) in [4.78, 5) is 0. The van der Waals surface area contributed by atoms with Gasteiger partial charge in [-0.25, -0.2) is 0 Å². The summed E-state index contributed by atoms with van der Waals surface area (Å²) >= 11 is 0. The molecule has 70 valence electrons. The highest BCUT2D eigenvalue weighted by Gasteiger charge is 2.55. The van der Waals surface area contributed by atoms with Gasteiger partial charge in [0.15, 0.2) is 0 Å². The molecule has 1 aromatic rings. The smallest absolute Gasteiger partial charge is 0.0172 e. The molecular formula is C12H17N. The zero-order valence-corrected chi connectivity index (χ0v) is 8.54. The van der Waals surface area contributed by atoms with Gasteiger partial charge in [-0.05, 0) is 17.9 Å². The monoisotopic (exact) mass is 175 g/mol. The van der Waals surface area contributed by atoms with Crippen molar-refractivity contribution in [3.8, 4) is 0 Å². The van der Waals surface area contributed by atoms with Gasteiger partial charge < -0.3 is 5.73 Å². The van der Waals surface area contributed by atoms with E-state index < -0.39 is 0 Å². The minimum absolute atomic E-state index is 0.301. The number of nitrogens with two attached hydrogens (primary N) is 1. The molecule has 1 heteroatoms. The van der Waals surface area contributed by atoms with Crippen LogP contribution in [0.3, 0.4) is 0 Å². The van der Waals surface area contributed by atoms with Crippen LogP contribution in [0.5, 0.6) is 0 Å². The van der Waals surface area contributed by atoms with Crippen molar-refractivity contribution < 1.29 is 0 Å². The lowest BCUT2D eigenvalue weighted by molar-refractivity contribution is 0.599. The third kappa shape index (κ3) is 1.28. The minimum Gasteiger partial charge on any atom is -0.327 e. The maximum absolute atomic E-state index is 6.01. The lowest BCUT2D eigenvalue weighted by Crippen LogP contribution is -2.06. The minimum atomic E-state index is 0.301. The zero-order valence-electron chi connectivity index (χ0n) is 8.54. The van der Waals surface area contributed by atoms with Crippen molar-refractivity contribution in [2.75, 3.05) is 0 Å². The van der Waals surface area contributed by atoms with E-state index in [0.29, 0.717) is 17.4 Å². The molecule has 1 saturated carbocycles. The second-order valence-corrected chi connectivity index (χ2v) is 4.74. The quantitative estimate of drug-likeness (QED) is 0.697. The number of benzene rings is 1. The van der Waals surface area contributed by atoms with Gasteiger partial charge >= 0.3 is 0 Å². The molecule has 1 fully saturated rings. The van der Waals surface area contributed by atoms with Crippen molar-refractivity contribution in [1.82, 2.24) is 0 Å². The Kier molecular flexibility index (Phi) is 1.74. The molecule has 2 atom stereocenters. The van der Waals surface area contributed by atoms with E-state index >= 15 is 0 Å². The Morgan fingerprint density at radius 1 is 1.15 bits per heavy atom. The fourth-order valence-corrected chi connectivity index (χ4v) is 2.09. The van der Waals surface area contributed by atoms with E-state index in [9.17, 15) is 0 Å². The first-order valence-corrected chi connectivity index (χ1v) is 4.85. The Morgan fingerprint density at radius 3 is 2.00 bits per heavy atom. The summed E-state index contributed by atoms with van der Waals surface area (Å²) < 4.78 is 0. The fourth-order valence-electron chi connectivity index (χ4n) is 2.09. The molecule has 0 aliphatic heterocycles. The molecule has 2 rings (SSSR count). The van der Waals surface area contributed by atoms with Gasteiger partial charge in [0.2, 0.25) is 0 Å². The molecule has 0 radical (unpaired) electrons. The Bertz CT molecular complexity index is 310. The third-order valence-corrected chi connectivity index (χ3v) is 3.35. The second kappa shape index (κ2) is 2.58. The van der Waals surface area contributed by atoms with Crippen LogP contribution in [0.2, 0.25) is 0 Å². The Balaban J connectivity index is 2.25. The third-order valence-electron chi connectivity index (χ3n) is 3.35. The standard InChI is InChI=1S/C12H17N/c1-8-4-6-9(7-5-8)10-11(13)12(10,2)3/h4-7,10-11H,13H2,1-3H3/t10-,11-/m0/s1. The summed E-state index contributed by atoms with van der Waals surface area (Å²) in [6, 6.07) is 9.08. The predicted molar refractivity (Wildman–Crippen MR) is 55.7 cm³/mol. The number of hydrogen-bond donors (Lipinski definition) is 1. The van der Waals surface area contributed by atoms with Crippen molar-refractivity contribution in [1.29, 1.82) is 0 Å². The van der Waals surface area contributed by atoms with E-state index in [4.69, 9.17) is 5.73 Å². The first-order valence-electron chi connectivity index (χ1n) is 4.85. The molecule has 13 heavy (non-hydrogen) atoms. The van der Waals surface area contributed by atoms with Crippen LogP contribution in [0.1, 0.15) is 30.9 Å². The summed E-state index contributed by atoms with van der Waals surface area (Å²) in [5, 5.41) is 0. The summed E-state index contributed by atoms with van der Waals surface area (Å²) in [6.45, 7) is 6.59. The fraction of sp³-hybridized carbons (Fsp3) is 0.500. The summed E-state index contributed by atoms with van der Waals surface area (Å²) in [5.74, 6) is 0.563. The molecule has 0 spiro atoms. The van der Waals surface area contributed by atoms with E-state index in [2.05, 4.69) is 45.0 Å². The molecule has 0 amide bonds. The van der Waals surface area contributed by atoms with Gasteiger partial charge in [0.1, 0.15) is 0 Å². The molecule has 1 nitrogen and oxygen atoms in total. The zero-order chi connectivity index (χ0) is 9.64. The van der Waals surface area contributed by atoms with Crippen LogP contribution in [0, 0.1) is 12.3 Å². The van der Waals surface area contributed by atoms with E-state index in [1.807, 2.05) is 0 Å². The van der Waals surface area contributed by atoms with Crippen molar-refractivity contribution >= 4 is 0 Å². The van der Waals surface area contributed by atoms with E-state index in [1.165, 1.54) is 11.1 Å². The molecule has 0 aromatic heterocycles. The normalized spacial score (nSPS) is 30.2. The highest BCUT2D eigenvalue weighted by atomic mass is 14.8. The molecule has 0 bridgehead atoms. The van der Waals surface area contributed by atoms with Crippen LogP contribution in [-0.2, 0) is 0 Å². The molecule has 0 saturated heterocycles. The summed E-state index contributed by atoms with van der Waals surface area (Å²) in [5.41, 5.74) is 9.02. The average Bonchev–Trinajstić information content (AvgIpc) is 2.55. The number of hydrogen-bond acceptors (Lipinski definition) is 1. The van der Waals surface area contributed by atoms with Crippen LogP contribution >= 0.6 is 0 Å². The molecule has 2 N–H and O–H groups in total. The largest absolute Gasteiger partial charge is 0.327 e. The van der Waals surface area contributed by atoms with Crippen molar-refractivity contribution in [2.45, 2.75) is 32.7 Å². The van der Waals surface area contributed by atoms with Gasteiger partial charge in [-0.2, -0.15) is 0 Å². The molecule has 1 aliphatic carbocycles. The van der Waals surface area contributed by atoms with Gasteiger partial charge in [0.25, 0.3) is 0 Å². The molecule has 1 aliphatic rings. The SMILES string of the molecule is Cc1ccc([C@H]2[C@H](N)C2(C)C)cc1. The first kappa shape index (κ1) is 8.76. The second-order valence-electron chi connectivity index (χ2n) is 4.74. The van der Waals surface area contributed by atoms with Gasteiger partial charge in [-0.15, -0.1) is 0 Å². The summed E-state index contributed by atoms with van der Waals surface area (Å²) in [6.07, 6.45) is 0. The van der Waals surface area contributed by atoms with E-state index in [1.54, 1.807) is 0 Å². The van der Waals surface area contributed by atoms with Crippen LogP contribution in [0.15, 0.2) is 24.3 Å². The molecule has 0 unspecified atom stereocenters. The van der Waals surface area contributed by atoms with Crippen LogP contribution in [0.25, 0.3) is 0 Å². The molecule has 1 aromatic carbocycles. The van der Waals surface area contributed by atoms with Crippen LogP contribution < -0.4 is 5.73 Å². The van der Waals surface area contributed by atoms with Gasteiger partial charge in [0, 0.05) is 12.0 Å². The lowest BCUT2D eigenvalue weighted by Gasteiger charge is -2.02. The van der Waals surface area contributed by atoms with Gasteiger partial charge in [-0.3, -0.25) is 0 Å². The van der Waals surface area contributed by atoms with E-state index in [0.717, 1.165) is 0 Å². The van der Waals surface area contributed by atoms with Crippen LogP contribution in [0.4, 0.5) is 0 Å². The molecular weight excluding hydrogens is 158 g/mol. The topological polar surface area (TPSA) is 26.0 Å². The maximum atomic E-state index is 6.01. The van der Waals surface area contributed by atoms with Crippen LogP contribution in [-0.4, -0.2) is 6.04 Å². The average molecular weight is 175 g/mol. The Labute approximate surface area is 80.0 Å². The van der Waals surface area contributed by atoms with Gasteiger partial charge in [0.05, 0.1) is 0 Å². The van der Waals surface area contributed by atoms with Crippen molar-refractivity contribution in [2.24, 2.45) is 11.1 Å². The molecule has 0 heterocycles. The maximum Gasteiger partial charge on any atom is 0.0172 e. The Hall–Kier alpha value is -0.820. The Morgan fingerprint density at radius 2 is 1.62 bits per heavy atom. The van der Waals surface area contributed by atoms with Crippen molar-refractivity contribution in [3.05, 3.63) is 35.4 Å².